The van der Waals surface area contributed by atoms with E-state index in [1.54, 1.807) is 0 Å². The van der Waals surface area contributed by atoms with Gasteiger partial charge in [-0.25, -0.2) is 0 Å². The van der Waals surface area contributed by atoms with Gasteiger partial charge in [0.25, 0.3) is 0 Å². The fourth-order valence-corrected chi connectivity index (χ4v) is 3.87. The summed E-state index contributed by atoms with van der Waals surface area (Å²) in [6.07, 6.45) is 6.87. The average Bonchev–Trinajstić information content (AvgIpc) is 2.94. The third kappa shape index (κ3) is 3.20. The summed E-state index contributed by atoms with van der Waals surface area (Å²) in [5.74, 6) is 1.70. The molecule has 0 aliphatic heterocycles. The fourth-order valence-electron chi connectivity index (χ4n) is 3.00. The Kier molecular flexibility index (Phi) is 4.67. The van der Waals surface area contributed by atoms with Gasteiger partial charge in [0.1, 0.15) is 5.76 Å². The summed E-state index contributed by atoms with van der Waals surface area (Å²) >= 11 is 7.06. The van der Waals surface area contributed by atoms with E-state index in [0.717, 1.165) is 16.3 Å². The van der Waals surface area contributed by atoms with Crippen molar-refractivity contribution in [1.29, 1.82) is 0 Å². The number of rotatable bonds is 3. The molecule has 1 aromatic heterocycles. The molecule has 1 aromatic carbocycles. The van der Waals surface area contributed by atoms with Crippen LogP contribution in [0.4, 0.5) is 0 Å². The van der Waals surface area contributed by atoms with Gasteiger partial charge in [-0.3, -0.25) is 0 Å². The fraction of sp³-hybridized carbons (Fsp3) is 0.412. The molecule has 1 atom stereocenters. The molecule has 0 spiro atoms. The molecule has 2 aromatic rings. The molecule has 3 rings (SSSR count). The summed E-state index contributed by atoms with van der Waals surface area (Å²) in [7, 11) is 0. The second-order valence-electron chi connectivity index (χ2n) is 5.51. The lowest BCUT2D eigenvalue weighted by Crippen LogP contribution is -2.04. The van der Waals surface area contributed by atoms with Crippen LogP contribution in [0.1, 0.15) is 59.7 Å². The standard InChI is InChI=1S/C17H18Br2O/c18-16-11-10-15(20-16)17(19)14-8-6-13(7-9-14)12-4-2-1-3-5-12/h6-12,17H,1-5H2. The van der Waals surface area contributed by atoms with Gasteiger partial charge in [-0.15, -0.1) is 0 Å². The van der Waals surface area contributed by atoms with Crippen LogP contribution in [0.15, 0.2) is 45.5 Å². The minimum absolute atomic E-state index is 0.120. The molecule has 0 radical (unpaired) electrons. The van der Waals surface area contributed by atoms with Crippen LogP contribution in [-0.2, 0) is 0 Å². The topological polar surface area (TPSA) is 13.1 Å². The zero-order chi connectivity index (χ0) is 13.9. The van der Waals surface area contributed by atoms with Crippen LogP contribution >= 0.6 is 31.9 Å². The first-order chi connectivity index (χ1) is 9.74. The molecule has 0 saturated heterocycles. The molecular formula is C17H18Br2O. The Labute approximate surface area is 137 Å². The van der Waals surface area contributed by atoms with E-state index in [9.17, 15) is 0 Å². The number of furan rings is 1. The lowest BCUT2D eigenvalue weighted by atomic mass is 9.84. The first-order valence-electron chi connectivity index (χ1n) is 7.23. The molecule has 0 N–H and O–H groups in total. The third-order valence-corrected chi connectivity index (χ3v) is 5.56. The van der Waals surface area contributed by atoms with Crippen molar-refractivity contribution in [3.63, 3.8) is 0 Å². The lowest BCUT2D eigenvalue weighted by Gasteiger charge is -2.22. The Bertz CT molecular complexity index is 553. The van der Waals surface area contributed by atoms with Crippen molar-refractivity contribution in [2.45, 2.75) is 42.8 Å². The SMILES string of the molecule is Brc1ccc(C(Br)c2ccc(C3CCCCC3)cc2)o1. The molecule has 3 heteroatoms. The van der Waals surface area contributed by atoms with Crippen molar-refractivity contribution >= 4 is 31.9 Å². The van der Waals surface area contributed by atoms with Crippen LogP contribution < -0.4 is 0 Å². The number of hydrogen-bond acceptors (Lipinski definition) is 1. The van der Waals surface area contributed by atoms with Crippen molar-refractivity contribution in [3.05, 3.63) is 58.0 Å². The molecule has 1 aliphatic rings. The molecular weight excluding hydrogens is 380 g/mol. The first-order valence-corrected chi connectivity index (χ1v) is 8.94. The maximum absolute atomic E-state index is 5.62. The molecule has 1 fully saturated rings. The highest BCUT2D eigenvalue weighted by Gasteiger charge is 2.17. The van der Waals surface area contributed by atoms with Gasteiger partial charge in [-0.1, -0.05) is 59.5 Å². The monoisotopic (exact) mass is 396 g/mol. The Morgan fingerprint density at radius 3 is 2.25 bits per heavy atom. The van der Waals surface area contributed by atoms with Gasteiger partial charge in [0.15, 0.2) is 4.67 Å². The van der Waals surface area contributed by atoms with Crippen molar-refractivity contribution < 1.29 is 4.42 Å². The Morgan fingerprint density at radius 1 is 0.950 bits per heavy atom. The second-order valence-corrected chi connectivity index (χ2v) is 7.20. The normalized spacial score (nSPS) is 18.1. The van der Waals surface area contributed by atoms with Gasteiger partial charge in [0, 0.05) is 0 Å². The summed E-state index contributed by atoms with van der Waals surface area (Å²) in [6, 6.07) is 13.0. The van der Waals surface area contributed by atoms with E-state index in [-0.39, 0.29) is 4.83 Å². The van der Waals surface area contributed by atoms with Gasteiger partial charge in [-0.2, -0.15) is 0 Å². The van der Waals surface area contributed by atoms with E-state index in [4.69, 9.17) is 4.42 Å². The van der Waals surface area contributed by atoms with Crippen LogP contribution in [0.25, 0.3) is 0 Å². The highest BCUT2D eigenvalue weighted by atomic mass is 79.9. The highest BCUT2D eigenvalue weighted by Crippen LogP contribution is 2.36. The van der Waals surface area contributed by atoms with Gasteiger partial charge in [0.05, 0.1) is 4.83 Å². The number of benzene rings is 1. The van der Waals surface area contributed by atoms with Crippen LogP contribution in [0.5, 0.6) is 0 Å². The highest BCUT2D eigenvalue weighted by molar-refractivity contribution is 9.10. The minimum atomic E-state index is 0.120. The Balaban J connectivity index is 1.75. The first kappa shape index (κ1) is 14.4. The van der Waals surface area contributed by atoms with E-state index < -0.39 is 0 Å². The van der Waals surface area contributed by atoms with E-state index >= 15 is 0 Å². The number of hydrogen-bond donors (Lipinski definition) is 0. The molecule has 106 valence electrons. The van der Waals surface area contributed by atoms with E-state index in [1.165, 1.54) is 43.2 Å². The van der Waals surface area contributed by atoms with Crippen molar-refractivity contribution in [2.24, 2.45) is 0 Å². The maximum atomic E-state index is 5.62. The van der Waals surface area contributed by atoms with Crippen LogP contribution in [0.2, 0.25) is 0 Å². The second kappa shape index (κ2) is 6.48. The summed E-state index contributed by atoms with van der Waals surface area (Å²) in [5.41, 5.74) is 2.74. The molecule has 0 amide bonds. The number of alkyl halides is 1. The summed E-state index contributed by atoms with van der Waals surface area (Å²) in [6.45, 7) is 0. The molecule has 20 heavy (non-hydrogen) atoms. The Morgan fingerprint density at radius 2 is 1.65 bits per heavy atom. The summed E-state index contributed by atoms with van der Waals surface area (Å²) in [5, 5.41) is 0. The minimum Gasteiger partial charge on any atom is -0.453 e. The number of halogens is 2. The van der Waals surface area contributed by atoms with Crippen molar-refractivity contribution in [1.82, 2.24) is 0 Å². The molecule has 1 aliphatic carbocycles. The van der Waals surface area contributed by atoms with Gasteiger partial charge < -0.3 is 4.42 Å². The molecule has 1 unspecified atom stereocenters. The predicted octanol–water partition coefficient (Wildman–Crippen LogP) is 6.57. The molecule has 1 saturated carbocycles. The van der Waals surface area contributed by atoms with E-state index in [1.807, 2.05) is 12.1 Å². The smallest absolute Gasteiger partial charge is 0.169 e. The quantitative estimate of drug-likeness (QED) is 0.533. The van der Waals surface area contributed by atoms with Crippen molar-refractivity contribution in [3.8, 4) is 0 Å². The summed E-state index contributed by atoms with van der Waals surface area (Å²) < 4.78 is 6.39. The maximum Gasteiger partial charge on any atom is 0.169 e. The average molecular weight is 398 g/mol. The predicted molar refractivity (Wildman–Crippen MR) is 89.4 cm³/mol. The molecule has 0 bridgehead atoms. The lowest BCUT2D eigenvalue weighted by molar-refractivity contribution is 0.443. The van der Waals surface area contributed by atoms with Gasteiger partial charge in [-0.05, 0) is 57.9 Å². The molecule has 1 nitrogen and oxygen atoms in total. The van der Waals surface area contributed by atoms with Crippen LogP contribution in [0, 0.1) is 0 Å². The van der Waals surface area contributed by atoms with E-state index in [0.29, 0.717) is 0 Å². The zero-order valence-corrected chi connectivity index (χ0v) is 14.5. The Hall–Kier alpha value is -0.540. The third-order valence-electron chi connectivity index (χ3n) is 4.15. The van der Waals surface area contributed by atoms with Crippen LogP contribution in [-0.4, -0.2) is 0 Å². The molecule has 1 heterocycles. The van der Waals surface area contributed by atoms with E-state index in [2.05, 4.69) is 56.1 Å². The van der Waals surface area contributed by atoms with Gasteiger partial charge >= 0.3 is 0 Å². The van der Waals surface area contributed by atoms with Crippen molar-refractivity contribution in [2.75, 3.05) is 0 Å². The zero-order valence-electron chi connectivity index (χ0n) is 11.3. The largest absolute Gasteiger partial charge is 0.453 e. The summed E-state index contributed by atoms with van der Waals surface area (Å²) in [4.78, 5) is 0.120. The van der Waals surface area contributed by atoms with Gasteiger partial charge in [0.2, 0.25) is 0 Å². The van der Waals surface area contributed by atoms with Crippen LogP contribution in [0.3, 0.4) is 0 Å².